The highest BCUT2D eigenvalue weighted by Crippen LogP contribution is 2.24. The van der Waals surface area contributed by atoms with Gasteiger partial charge in [0.1, 0.15) is 5.01 Å². The second-order valence-corrected chi connectivity index (χ2v) is 6.40. The summed E-state index contributed by atoms with van der Waals surface area (Å²) >= 11 is 1.79. The van der Waals surface area contributed by atoms with Crippen LogP contribution >= 0.6 is 11.3 Å². The van der Waals surface area contributed by atoms with Crippen LogP contribution in [0.2, 0.25) is 0 Å². The highest BCUT2D eigenvalue weighted by atomic mass is 32.1. The quantitative estimate of drug-likeness (QED) is 0.922. The number of nitrogens with zero attached hydrogens (tertiary/aromatic N) is 3. The smallest absolute Gasteiger partial charge is 0.107 e. The van der Waals surface area contributed by atoms with E-state index in [1.165, 1.54) is 16.3 Å². The van der Waals surface area contributed by atoms with Crippen molar-refractivity contribution in [1.29, 1.82) is 0 Å². The number of hydrogen-bond donors (Lipinski definition) is 1. The van der Waals surface area contributed by atoms with E-state index >= 15 is 0 Å². The molecule has 0 radical (unpaired) electrons. The first-order valence-corrected chi connectivity index (χ1v) is 8.52. The van der Waals surface area contributed by atoms with E-state index in [9.17, 15) is 0 Å². The van der Waals surface area contributed by atoms with Crippen LogP contribution in [0, 0.1) is 0 Å². The van der Waals surface area contributed by atoms with Gasteiger partial charge >= 0.3 is 0 Å². The first-order chi connectivity index (χ1) is 10.4. The zero-order valence-corrected chi connectivity index (χ0v) is 13.3. The number of piperazine rings is 1. The fourth-order valence-electron chi connectivity index (χ4n) is 2.82. The van der Waals surface area contributed by atoms with Gasteiger partial charge in [0.2, 0.25) is 0 Å². The van der Waals surface area contributed by atoms with Crippen molar-refractivity contribution >= 4 is 11.3 Å². The Morgan fingerprint density at radius 3 is 3.05 bits per heavy atom. The van der Waals surface area contributed by atoms with Crippen molar-refractivity contribution < 1.29 is 0 Å². The first-order valence-electron chi connectivity index (χ1n) is 7.65. The molecule has 1 atom stereocenters. The van der Waals surface area contributed by atoms with E-state index in [2.05, 4.69) is 39.6 Å². The minimum absolute atomic E-state index is 0.417. The number of pyridine rings is 1. The summed E-state index contributed by atoms with van der Waals surface area (Å²) in [6.45, 7) is 6.26. The molecule has 1 saturated heterocycles. The van der Waals surface area contributed by atoms with Gasteiger partial charge in [0.25, 0.3) is 0 Å². The Morgan fingerprint density at radius 2 is 2.24 bits per heavy atom. The molecule has 21 heavy (non-hydrogen) atoms. The summed E-state index contributed by atoms with van der Waals surface area (Å²) in [4.78, 5) is 11.4. The molecule has 112 valence electrons. The molecule has 0 aromatic carbocycles. The topological polar surface area (TPSA) is 41.0 Å². The summed E-state index contributed by atoms with van der Waals surface area (Å²) in [5, 5.41) is 6.94. The number of hydrogen-bond acceptors (Lipinski definition) is 5. The zero-order valence-electron chi connectivity index (χ0n) is 12.5. The average Bonchev–Trinajstić information content (AvgIpc) is 2.96. The Labute approximate surface area is 130 Å². The van der Waals surface area contributed by atoms with Gasteiger partial charge in [0.15, 0.2) is 0 Å². The van der Waals surface area contributed by atoms with Gasteiger partial charge in [-0.15, -0.1) is 11.3 Å². The number of nitrogens with one attached hydrogen (secondary N) is 1. The monoisotopic (exact) mass is 302 g/mol. The molecule has 5 heteroatoms. The lowest BCUT2D eigenvalue weighted by Crippen LogP contribution is -2.45. The summed E-state index contributed by atoms with van der Waals surface area (Å²) in [6, 6.07) is 4.66. The van der Waals surface area contributed by atoms with Gasteiger partial charge in [-0.2, -0.15) is 0 Å². The summed E-state index contributed by atoms with van der Waals surface area (Å²) in [7, 11) is 0. The molecule has 0 aliphatic carbocycles. The molecule has 3 rings (SSSR count). The molecule has 4 nitrogen and oxygen atoms in total. The van der Waals surface area contributed by atoms with E-state index in [1.54, 1.807) is 11.3 Å². The van der Waals surface area contributed by atoms with Crippen LogP contribution in [0.25, 0.3) is 0 Å². The van der Waals surface area contributed by atoms with Crippen molar-refractivity contribution in [3.05, 3.63) is 46.2 Å². The van der Waals surface area contributed by atoms with Gasteiger partial charge in [-0.1, -0.05) is 13.3 Å². The Bertz CT molecular complexity index is 554. The number of thiazole rings is 1. The normalized spacial score (nSPS) is 19.8. The SMILES string of the molecule is CCCc1csc(CN2CCNCC2c2ccncc2)n1. The number of aryl methyl sites for hydroxylation is 1. The minimum Gasteiger partial charge on any atom is -0.314 e. The van der Waals surface area contributed by atoms with Gasteiger partial charge in [-0.3, -0.25) is 9.88 Å². The summed E-state index contributed by atoms with van der Waals surface area (Å²) in [5.74, 6) is 0. The third-order valence-corrected chi connectivity index (χ3v) is 4.77. The van der Waals surface area contributed by atoms with Crippen molar-refractivity contribution in [2.24, 2.45) is 0 Å². The third-order valence-electron chi connectivity index (χ3n) is 3.89. The van der Waals surface area contributed by atoms with E-state index < -0.39 is 0 Å². The largest absolute Gasteiger partial charge is 0.314 e. The minimum atomic E-state index is 0.417. The predicted molar refractivity (Wildman–Crippen MR) is 86.4 cm³/mol. The molecular weight excluding hydrogens is 280 g/mol. The van der Waals surface area contributed by atoms with E-state index in [0.717, 1.165) is 39.0 Å². The molecule has 1 unspecified atom stereocenters. The van der Waals surface area contributed by atoms with Crippen molar-refractivity contribution in [2.45, 2.75) is 32.4 Å². The second kappa shape index (κ2) is 7.11. The lowest BCUT2D eigenvalue weighted by molar-refractivity contribution is 0.153. The number of aromatic nitrogens is 2. The zero-order chi connectivity index (χ0) is 14.5. The van der Waals surface area contributed by atoms with E-state index in [4.69, 9.17) is 4.98 Å². The summed E-state index contributed by atoms with van der Waals surface area (Å²) in [5.41, 5.74) is 2.58. The summed E-state index contributed by atoms with van der Waals surface area (Å²) < 4.78 is 0. The van der Waals surface area contributed by atoms with Crippen LogP contribution in [0.5, 0.6) is 0 Å². The van der Waals surface area contributed by atoms with Crippen LogP contribution in [-0.2, 0) is 13.0 Å². The Kier molecular flexibility index (Phi) is 4.95. The Morgan fingerprint density at radius 1 is 1.38 bits per heavy atom. The van der Waals surface area contributed by atoms with Gasteiger partial charge in [-0.25, -0.2) is 4.98 Å². The maximum Gasteiger partial charge on any atom is 0.107 e. The van der Waals surface area contributed by atoms with Crippen molar-refractivity contribution in [2.75, 3.05) is 19.6 Å². The highest BCUT2D eigenvalue weighted by Gasteiger charge is 2.24. The van der Waals surface area contributed by atoms with Gasteiger partial charge < -0.3 is 5.32 Å². The molecule has 1 aliphatic heterocycles. The van der Waals surface area contributed by atoms with Gasteiger partial charge in [0.05, 0.1) is 12.2 Å². The maximum absolute atomic E-state index is 4.77. The lowest BCUT2D eigenvalue weighted by Gasteiger charge is -2.35. The number of rotatable bonds is 5. The molecule has 1 fully saturated rings. The van der Waals surface area contributed by atoms with Crippen LogP contribution in [-0.4, -0.2) is 34.5 Å². The van der Waals surface area contributed by atoms with Gasteiger partial charge in [-0.05, 0) is 24.1 Å². The molecular formula is C16H22N4S. The fraction of sp³-hybridized carbons (Fsp3) is 0.500. The standard InChI is InChI=1S/C16H22N4S/c1-2-3-14-12-21-16(19-14)11-20-9-8-18-10-15(20)13-4-6-17-7-5-13/h4-7,12,15,18H,2-3,8-11H2,1H3. The van der Waals surface area contributed by atoms with Crippen LogP contribution in [0.15, 0.2) is 29.9 Å². The summed E-state index contributed by atoms with van der Waals surface area (Å²) in [6.07, 6.45) is 6.01. The molecule has 0 spiro atoms. The maximum atomic E-state index is 4.77. The second-order valence-electron chi connectivity index (χ2n) is 5.45. The fourth-order valence-corrected chi connectivity index (χ4v) is 3.67. The molecule has 0 bridgehead atoms. The first kappa shape index (κ1) is 14.6. The highest BCUT2D eigenvalue weighted by molar-refractivity contribution is 7.09. The van der Waals surface area contributed by atoms with E-state index in [1.807, 2.05) is 12.4 Å². The molecule has 2 aromatic heterocycles. The Hall–Kier alpha value is -1.30. The van der Waals surface area contributed by atoms with Crippen LogP contribution in [0.3, 0.4) is 0 Å². The van der Waals surface area contributed by atoms with Crippen molar-refractivity contribution in [3.8, 4) is 0 Å². The van der Waals surface area contributed by atoms with Gasteiger partial charge in [0, 0.05) is 43.4 Å². The molecule has 0 saturated carbocycles. The third kappa shape index (κ3) is 3.67. The molecule has 1 N–H and O–H groups in total. The van der Waals surface area contributed by atoms with Crippen LogP contribution < -0.4 is 5.32 Å². The predicted octanol–water partition coefficient (Wildman–Crippen LogP) is 2.64. The Balaban J connectivity index is 1.72. The lowest BCUT2D eigenvalue weighted by atomic mass is 10.0. The molecule has 1 aliphatic rings. The van der Waals surface area contributed by atoms with E-state index in [0.29, 0.717) is 6.04 Å². The van der Waals surface area contributed by atoms with Crippen LogP contribution in [0.4, 0.5) is 0 Å². The van der Waals surface area contributed by atoms with Crippen LogP contribution in [0.1, 0.15) is 35.7 Å². The van der Waals surface area contributed by atoms with E-state index in [-0.39, 0.29) is 0 Å². The molecule has 0 amide bonds. The van der Waals surface area contributed by atoms with Crippen molar-refractivity contribution in [1.82, 2.24) is 20.2 Å². The molecule has 3 heterocycles. The molecule has 2 aromatic rings. The average molecular weight is 302 g/mol. The van der Waals surface area contributed by atoms with Crippen molar-refractivity contribution in [3.63, 3.8) is 0 Å².